The molecule has 0 aromatic heterocycles. The molecule has 0 saturated heterocycles. The predicted octanol–water partition coefficient (Wildman–Crippen LogP) is 10.7. The maximum absolute atomic E-state index is 14.1. The van der Waals surface area contributed by atoms with Crippen LogP contribution in [0.15, 0.2) is 97.1 Å². The first-order valence-electron chi connectivity index (χ1n) is 20.0. The molecule has 0 aliphatic heterocycles. The Balaban J connectivity index is 1.69. The fraction of sp³-hybridized carbons (Fsp3) is 0.426. The summed E-state index contributed by atoms with van der Waals surface area (Å²) >= 11 is 1.31. The molecule has 12 heteroatoms. The van der Waals surface area contributed by atoms with Gasteiger partial charge in [0.25, 0.3) is 0 Å². The van der Waals surface area contributed by atoms with Gasteiger partial charge in [-0.05, 0) is 66.8 Å². The summed E-state index contributed by atoms with van der Waals surface area (Å²) in [5.41, 5.74) is 2.46. The largest absolute Gasteiger partial charge is 0.543 e. The lowest BCUT2D eigenvalue weighted by atomic mass is 9.80. The van der Waals surface area contributed by atoms with Gasteiger partial charge in [-0.2, -0.15) is 11.8 Å². The molecule has 0 saturated carbocycles. The van der Waals surface area contributed by atoms with Crippen molar-refractivity contribution in [1.29, 1.82) is 0 Å². The first kappa shape index (κ1) is 47.3. The molecule has 0 spiro atoms. The lowest BCUT2D eigenvalue weighted by Gasteiger charge is -2.39. The Morgan fingerprint density at radius 1 is 0.729 bits per heavy atom. The molecular formula is C47H63NO8SSi2. The van der Waals surface area contributed by atoms with E-state index < -0.39 is 52.2 Å². The number of carbonyl (C=O) groups is 3. The van der Waals surface area contributed by atoms with Crippen molar-refractivity contribution in [2.24, 2.45) is 0 Å². The summed E-state index contributed by atoms with van der Waals surface area (Å²) in [6, 6.07) is 30.0. The number of nitrogens with one attached hydrogen (secondary N) is 1. The van der Waals surface area contributed by atoms with Crippen molar-refractivity contribution in [1.82, 2.24) is 5.32 Å². The molecule has 0 fully saturated rings. The fourth-order valence-corrected chi connectivity index (χ4v) is 9.36. The van der Waals surface area contributed by atoms with E-state index in [1.165, 1.54) is 18.9 Å². The molecule has 0 aliphatic rings. The molecule has 59 heavy (non-hydrogen) atoms. The quantitative estimate of drug-likeness (QED) is 0.0607. The van der Waals surface area contributed by atoms with Crippen LogP contribution in [0.3, 0.4) is 0 Å². The summed E-state index contributed by atoms with van der Waals surface area (Å²) in [6.45, 7) is 24.7. The van der Waals surface area contributed by atoms with E-state index in [2.05, 4.69) is 73.0 Å². The Morgan fingerprint density at radius 3 is 1.54 bits per heavy atom. The SMILES string of the molecule is COC(=O)[C@H](CSCc1c(O[Si](C)(C)C(C)(C)C)cc(O[Si](C)(C)C(C)(C)C)c(C)c1C(=O)O)NC(=O)[C@H](C)OC(c1ccccc1)(c1ccccc1)c1ccccc1. The van der Waals surface area contributed by atoms with Crippen LogP contribution in [0, 0.1) is 6.92 Å². The molecule has 4 rings (SSSR count). The van der Waals surface area contributed by atoms with E-state index >= 15 is 0 Å². The summed E-state index contributed by atoms with van der Waals surface area (Å²) in [6.07, 6.45) is -1.04. The Hall–Kier alpha value is -4.37. The minimum atomic E-state index is -2.47. The number of rotatable bonds is 17. The van der Waals surface area contributed by atoms with Gasteiger partial charge in [-0.15, -0.1) is 0 Å². The topological polar surface area (TPSA) is 120 Å². The van der Waals surface area contributed by atoms with Crippen molar-refractivity contribution in [2.75, 3.05) is 12.9 Å². The van der Waals surface area contributed by atoms with Gasteiger partial charge in [0.2, 0.25) is 22.5 Å². The molecule has 2 atom stereocenters. The van der Waals surface area contributed by atoms with Gasteiger partial charge in [0.15, 0.2) is 0 Å². The number of hydrogen-bond donors (Lipinski definition) is 2. The highest BCUT2D eigenvalue weighted by Gasteiger charge is 2.43. The van der Waals surface area contributed by atoms with Gasteiger partial charge in [0.05, 0.1) is 12.7 Å². The lowest BCUT2D eigenvalue weighted by Crippen LogP contribution is -2.49. The lowest BCUT2D eigenvalue weighted by molar-refractivity contribution is -0.148. The van der Waals surface area contributed by atoms with Gasteiger partial charge >= 0.3 is 11.9 Å². The van der Waals surface area contributed by atoms with Crippen molar-refractivity contribution >= 4 is 46.2 Å². The number of carboxylic acid groups (broad SMARTS) is 1. The second-order valence-electron chi connectivity index (χ2n) is 18.0. The Kier molecular flexibility index (Phi) is 15.2. The van der Waals surface area contributed by atoms with Crippen molar-refractivity contribution in [3.63, 3.8) is 0 Å². The summed E-state index contributed by atoms with van der Waals surface area (Å²) in [5.74, 6) is -1.01. The van der Waals surface area contributed by atoms with E-state index in [-0.39, 0.29) is 27.1 Å². The third kappa shape index (κ3) is 10.9. The monoisotopic (exact) mass is 857 g/mol. The van der Waals surface area contributed by atoms with E-state index in [1.54, 1.807) is 13.8 Å². The molecule has 0 unspecified atom stereocenters. The average molecular weight is 858 g/mol. The maximum atomic E-state index is 14.1. The van der Waals surface area contributed by atoms with E-state index in [9.17, 15) is 19.5 Å². The number of esters is 1. The minimum absolute atomic E-state index is 0.0895. The van der Waals surface area contributed by atoms with Crippen LogP contribution in [0.5, 0.6) is 11.5 Å². The number of ether oxygens (including phenoxy) is 2. The normalized spacial score (nSPS) is 13.6. The fourth-order valence-electron chi connectivity index (χ4n) is 6.19. The average Bonchev–Trinajstić information content (AvgIpc) is 3.17. The molecule has 2 N–H and O–H groups in total. The number of carboxylic acids is 1. The van der Waals surface area contributed by atoms with E-state index in [4.69, 9.17) is 18.3 Å². The Morgan fingerprint density at radius 2 is 1.15 bits per heavy atom. The molecule has 318 valence electrons. The van der Waals surface area contributed by atoms with Crippen LogP contribution >= 0.6 is 11.8 Å². The zero-order chi connectivity index (χ0) is 44.0. The first-order valence-corrected chi connectivity index (χ1v) is 27.0. The zero-order valence-electron chi connectivity index (χ0n) is 37.0. The summed E-state index contributed by atoms with van der Waals surface area (Å²) in [5, 5.41) is 13.3. The number of aromatic carboxylic acids is 1. The Labute approximate surface area is 357 Å². The highest BCUT2D eigenvalue weighted by atomic mass is 32.2. The number of carbonyl (C=O) groups excluding carboxylic acids is 2. The van der Waals surface area contributed by atoms with Crippen LogP contribution < -0.4 is 14.2 Å². The second-order valence-corrected chi connectivity index (χ2v) is 28.5. The van der Waals surface area contributed by atoms with Crippen molar-refractivity contribution < 1.29 is 37.8 Å². The highest BCUT2D eigenvalue weighted by molar-refractivity contribution is 7.98. The molecular weight excluding hydrogens is 795 g/mol. The number of thioether (sulfide) groups is 1. The standard InChI is InChI=1S/C47H63NO8SSi2/c1-32-39(55-58(10,11)45(3,4)5)29-40(56-59(12,13)46(6,7)8)37(41(32)43(50)51)30-57-31-38(44(52)53-9)48-42(49)33(2)54-47(34-23-17-14-18-24-34,35-25-19-15-20-26-35)36-27-21-16-22-28-36/h14-29,33,38H,30-31H2,1-13H3,(H,48,49)(H,50,51)/t33-,38-/m0/s1. The summed E-state index contributed by atoms with van der Waals surface area (Å²) in [4.78, 5) is 40.6. The summed E-state index contributed by atoms with van der Waals surface area (Å²) in [7, 11) is -3.57. The third-order valence-corrected chi connectivity index (χ3v) is 21.5. The van der Waals surface area contributed by atoms with Crippen LogP contribution in [-0.4, -0.2) is 64.6 Å². The van der Waals surface area contributed by atoms with Gasteiger partial charge in [0.1, 0.15) is 29.2 Å². The van der Waals surface area contributed by atoms with E-state index in [0.717, 1.165) is 16.7 Å². The second kappa shape index (κ2) is 18.9. The number of benzene rings is 4. The molecule has 0 aliphatic carbocycles. The first-order chi connectivity index (χ1) is 27.5. The van der Waals surface area contributed by atoms with Crippen LogP contribution in [0.25, 0.3) is 0 Å². The predicted molar refractivity (Wildman–Crippen MR) is 244 cm³/mol. The number of methoxy groups -OCH3 is 1. The highest BCUT2D eigenvalue weighted by Crippen LogP contribution is 2.45. The van der Waals surface area contributed by atoms with Gasteiger partial charge < -0.3 is 28.7 Å². The number of amides is 1. The van der Waals surface area contributed by atoms with Crippen molar-refractivity contribution in [3.8, 4) is 11.5 Å². The van der Waals surface area contributed by atoms with E-state index in [1.807, 2.05) is 97.1 Å². The van der Waals surface area contributed by atoms with Crippen molar-refractivity contribution in [2.45, 2.75) is 115 Å². The molecule has 0 bridgehead atoms. The summed E-state index contributed by atoms with van der Waals surface area (Å²) < 4.78 is 25.7. The van der Waals surface area contributed by atoms with Crippen LogP contribution in [-0.2, 0) is 30.4 Å². The molecule has 4 aromatic carbocycles. The molecule has 1 amide bonds. The maximum Gasteiger partial charge on any atom is 0.336 e. The smallest absolute Gasteiger partial charge is 0.336 e. The Bertz CT molecular complexity index is 1970. The van der Waals surface area contributed by atoms with Crippen LogP contribution in [0.2, 0.25) is 36.3 Å². The minimum Gasteiger partial charge on any atom is -0.543 e. The van der Waals surface area contributed by atoms with Crippen molar-refractivity contribution in [3.05, 3.63) is 130 Å². The zero-order valence-corrected chi connectivity index (χ0v) is 39.8. The molecule has 0 heterocycles. The van der Waals surface area contributed by atoms with Gasteiger partial charge in [-0.3, -0.25) is 4.79 Å². The van der Waals surface area contributed by atoms with Gasteiger partial charge in [-0.25, -0.2) is 9.59 Å². The molecule has 4 aromatic rings. The molecule has 0 radical (unpaired) electrons. The van der Waals surface area contributed by atoms with Gasteiger partial charge in [0, 0.05) is 28.7 Å². The van der Waals surface area contributed by atoms with Crippen LogP contribution in [0.4, 0.5) is 0 Å². The third-order valence-electron chi connectivity index (χ3n) is 11.8. The molecule has 9 nitrogen and oxygen atoms in total. The van der Waals surface area contributed by atoms with Gasteiger partial charge in [-0.1, -0.05) is 133 Å². The van der Waals surface area contributed by atoms with Crippen LogP contribution in [0.1, 0.15) is 86.6 Å². The van der Waals surface area contributed by atoms with E-state index in [0.29, 0.717) is 22.6 Å². The number of hydrogen-bond acceptors (Lipinski definition) is 8.